The van der Waals surface area contributed by atoms with Crippen LogP contribution in [0.5, 0.6) is 0 Å². The Balaban J connectivity index is 2.04. The minimum Gasteiger partial charge on any atom is -0.388 e. The lowest BCUT2D eigenvalue weighted by molar-refractivity contribution is 0.203. The van der Waals surface area contributed by atoms with Crippen molar-refractivity contribution in [2.75, 3.05) is 19.6 Å². The highest BCUT2D eigenvalue weighted by molar-refractivity contribution is 7.11. The van der Waals surface area contributed by atoms with Crippen molar-refractivity contribution in [2.45, 2.75) is 32.3 Å². The molecule has 0 aliphatic carbocycles. The normalized spacial score (nSPS) is 24.6. The Labute approximate surface area is 94.8 Å². The van der Waals surface area contributed by atoms with Crippen LogP contribution in [0.15, 0.2) is 6.20 Å². The van der Waals surface area contributed by atoms with Crippen molar-refractivity contribution >= 4 is 11.3 Å². The molecule has 2 heterocycles. The lowest BCUT2D eigenvalue weighted by atomic mass is 10.1. The van der Waals surface area contributed by atoms with Gasteiger partial charge in [-0.1, -0.05) is 6.92 Å². The summed E-state index contributed by atoms with van der Waals surface area (Å²) in [4.78, 5) is 7.86. The van der Waals surface area contributed by atoms with E-state index in [0.717, 1.165) is 18.0 Å². The second kappa shape index (κ2) is 4.60. The fraction of sp³-hybridized carbons (Fsp3) is 0.727. The van der Waals surface area contributed by atoms with E-state index in [1.807, 2.05) is 6.20 Å². The third-order valence-corrected chi connectivity index (χ3v) is 4.35. The first-order chi connectivity index (χ1) is 7.20. The molecule has 0 aromatic carbocycles. The molecule has 84 valence electrons. The molecule has 0 radical (unpaired) electrons. The second-order valence-electron chi connectivity index (χ2n) is 4.16. The van der Waals surface area contributed by atoms with Crippen molar-refractivity contribution in [1.82, 2.24) is 9.88 Å². The van der Waals surface area contributed by atoms with Crippen molar-refractivity contribution in [2.24, 2.45) is 0 Å². The summed E-state index contributed by atoms with van der Waals surface area (Å²) in [7, 11) is 0. The van der Waals surface area contributed by atoms with Crippen LogP contribution < -0.4 is 0 Å². The van der Waals surface area contributed by atoms with Gasteiger partial charge in [0.2, 0.25) is 0 Å². The molecule has 1 aliphatic heterocycles. The van der Waals surface area contributed by atoms with Crippen LogP contribution in [-0.4, -0.2) is 34.6 Å². The zero-order valence-corrected chi connectivity index (χ0v) is 10.1. The molecular formula is C11H18N2OS. The molecule has 2 atom stereocenters. The third-order valence-electron chi connectivity index (χ3n) is 3.02. The number of likely N-dealkylation sites (tertiary alicyclic amines) is 1. The van der Waals surface area contributed by atoms with Gasteiger partial charge in [-0.25, -0.2) is 4.98 Å². The number of hydrogen-bond acceptors (Lipinski definition) is 4. The highest BCUT2D eigenvalue weighted by atomic mass is 32.1. The van der Waals surface area contributed by atoms with Crippen LogP contribution in [0.25, 0.3) is 0 Å². The van der Waals surface area contributed by atoms with E-state index in [4.69, 9.17) is 0 Å². The lowest BCUT2D eigenvalue weighted by Gasteiger charge is -2.11. The number of thiazole rings is 1. The van der Waals surface area contributed by atoms with E-state index in [9.17, 15) is 5.11 Å². The van der Waals surface area contributed by atoms with Gasteiger partial charge in [-0.05, 0) is 26.4 Å². The SMILES string of the molecule is CCN1CCC(c2ncc(C(C)O)s2)C1. The fourth-order valence-corrected chi connectivity index (χ4v) is 2.99. The summed E-state index contributed by atoms with van der Waals surface area (Å²) in [6.07, 6.45) is 2.65. The van der Waals surface area contributed by atoms with Gasteiger partial charge in [0.1, 0.15) is 0 Å². The quantitative estimate of drug-likeness (QED) is 0.856. The van der Waals surface area contributed by atoms with E-state index >= 15 is 0 Å². The highest BCUT2D eigenvalue weighted by Gasteiger charge is 2.25. The van der Waals surface area contributed by atoms with Crippen LogP contribution in [0, 0.1) is 0 Å². The monoisotopic (exact) mass is 226 g/mol. The number of rotatable bonds is 3. The summed E-state index contributed by atoms with van der Waals surface area (Å²) in [6.45, 7) is 7.44. The van der Waals surface area contributed by atoms with Crippen LogP contribution in [0.1, 0.15) is 42.2 Å². The molecule has 1 aromatic heterocycles. The largest absolute Gasteiger partial charge is 0.388 e. The van der Waals surface area contributed by atoms with Gasteiger partial charge in [0.25, 0.3) is 0 Å². The number of hydrogen-bond donors (Lipinski definition) is 1. The van der Waals surface area contributed by atoms with Gasteiger partial charge in [-0.15, -0.1) is 11.3 Å². The van der Waals surface area contributed by atoms with Crippen molar-refractivity contribution in [3.05, 3.63) is 16.1 Å². The van der Waals surface area contributed by atoms with Crippen LogP contribution in [0.2, 0.25) is 0 Å². The Kier molecular flexibility index (Phi) is 3.38. The maximum absolute atomic E-state index is 9.44. The van der Waals surface area contributed by atoms with Gasteiger partial charge in [0, 0.05) is 18.7 Å². The molecule has 2 rings (SSSR count). The van der Waals surface area contributed by atoms with Crippen LogP contribution in [-0.2, 0) is 0 Å². The van der Waals surface area contributed by atoms with Crippen LogP contribution in [0.3, 0.4) is 0 Å². The minimum atomic E-state index is -0.375. The molecule has 1 N–H and O–H groups in total. The fourth-order valence-electron chi connectivity index (χ4n) is 2.00. The molecule has 3 nitrogen and oxygen atoms in total. The van der Waals surface area contributed by atoms with Crippen molar-refractivity contribution in [3.8, 4) is 0 Å². The van der Waals surface area contributed by atoms with Gasteiger partial charge < -0.3 is 10.0 Å². The average molecular weight is 226 g/mol. The third kappa shape index (κ3) is 2.38. The van der Waals surface area contributed by atoms with Gasteiger partial charge >= 0.3 is 0 Å². The molecule has 1 saturated heterocycles. The van der Waals surface area contributed by atoms with E-state index in [-0.39, 0.29) is 6.10 Å². The molecule has 15 heavy (non-hydrogen) atoms. The van der Waals surface area contributed by atoms with E-state index in [1.54, 1.807) is 18.3 Å². The first kappa shape index (κ1) is 11.0. The van der Waals surface area contributed by atoms with Crippen LogP contribution >= 0.6 is 11.3 Å². The number of aliphatic hydroxyl groups is 1. The van der Waals surface area contributed by atoms with Crippen molar-refractivity contribution in [3.63, 3.8) is 0 Å². The number of nitrogens with zero attached hydrogens (tertiary/aromatic N) is 2. The van der Waals surface area contributed by atoms with Gasteiger partial charge in [0.15, 0.2) is 0 Å². The molecule has 0 amide bonds. The molecule has 2 unspecified atom stereocenters. The summed E-state index contributed by atoms with van der Waals surface area (Å²) in [6, 6.07) is 0. The predicted octanol–water partition coefficient (Wildman–Crippen LogP) is 2.01. The number of aromatic nitrogens is 1. The topological polar surface area (TPSA) is 36.4 Å². The zero-order chi connectivity index (χ0) is 10.8. The summed E-state index contributed by atoms with van der Waals surface area (Å²) < 4.78 is 0. The van der Waals surface area contributed by atoms with Crippen molar-refractivity contribution < 1.29 is 5.11 Å². The van der Waals surface area contributed by atoms with Crippen molar-refractivity contribution in [1.29, 1.82) is 0 Å². The average Bonchev–Trinajstić information content (AvgIpc) is 2.86. The molecule has 1 aliphatic rings. The summed E-state index contributed by atoms with van der Waals surface area (Å²) >= 11 is 1.66. The Bertz CT molecular complexity index is 324. The molecule has 0 bridgehead atoms. The van der Waals surface area contributed by atoms with E-state index in [2.05, 4.69) is 16.8 Å². The maximum atomic E-state index is 9.44. The summed E-state index contributed by atoms with van der Waals surface area (Å²) in [5.41, 5.74) is 0. The zero-order valence-electron chi connectivity index (χ0n) is 9.31. The van der Waals surface area contributed by atoms with Gasteiger partial charge in [-0.2, -0.15) is 0 Å². The smallest absolute Gasteiger partial charge is 0.0972 e. The van der Waals surface area contributed by atoms with E-state index in [0.29, 0.717) is 5.92 Å². The first-order valence-electron chi connectivity index (χ1n) is 5.56. The Morgan fingerprint density at radius 3 is 3.07 bits per heavy atom. The molecule has 0 saturated carbocycles. The summed E-state index contributed by atoms with van der Waals surface area (Å²) in [5, 5.41) is 10.6. The standard InChI is InChI=1S/C11H18N2OS/c1-3-13-5-4-9(7-13)11-12-6-10(15-11)8(2)14/h6,8-9,14H,3-5,7H2,1-2H3. The van der Waals surface area contributed by atoms with E-state index < -0.39 is 0 Å². The Hall–Kier alpha value is -0.450. The molecule has 4 heteroatoms. The molecular weight excluding hydrogens is 208 g/mol. The maximum Gasteiger partial charge on any atom is 0.0972 e. The predicted molar refractivity (Wildman–Crippen MR) is 62.2 cm³/mol. The van der Waals surface area contributed by atoms with E-state index in [1.165, 1.54) is 18.0 Å². The molecule has 1 aromatic rings. The number of likely N-dealkylation sites (N-methyl/N-ethyl adjacent to an activating group) is 1. The van der Waals surface area contributed by atoms with Gasteiger partial charge in [0.05, 0.1) is 16.0 Å². The number of aliphatic hydroxyl groups excluding tert-OH is 1. The Morgan fingerprint density at radius 2 is 2.53 bits per heavy atom. The highest BCUT2D eigenvalue weighted by Crippen LogP contribution is 2.31. The summed E-state index contributed by atoms with van der Waals surface area (Å²) in [5.74, 6) is 0.586. The minimum absolute atomic E-state index is 0.375. The Morgan fingerprint density at radius 1 is 1.73 bits per heavy atom. The first-order valence-corrected chi connectivity index (χ1v) is 6.38. The second-order valence-corrected chi connectivity index (χ2v) is 5.25. The van der Waals surface area contributed by atoms with Crippen LogP contribution in [0.4, 0.5) is 0 Å². The van der Waals surface area contributed by atoms with Gasteiger partial charge in [-0.3, -0.25) is 0 Å². The molecule has 0 spiro atoms. The molecule has 1 fully saturated rings. The lowest BCUT2D eigenvalue weighted by Crippen LogP contribution is -2.19.